The molecule has 0 spiro atoms. The Kier molecular flexibility index (Phi) is 7.58. The van der Waals surface area contributed by atoms with Gasteiger partial charge in [-0.1, -0.05) is 127 Å². The number of hydrogen-bond acceptors (Lipinski definition) is 2. The number of nitrogens with zero attached hydrogens (tertiary/aromatic N) is 2. The summed E-state index contributed by atoms with van der Waals surface area (Å²) in [7, 11) is 0. The van der Waals surface area contributed by atoms with Crippen LogP contribution in [0.5, 0.6) is 0 Å². The second kappa shape index (κ2) is 13.0. The van der Waals surface area contributed by atoms with Crippen molar-refractivity contribution < 1.29 is 0 Å². The largest absolute Gasteiger partial charge is 0.310 e. The maximum Gasteiger partial charge on any atom is 0.0497 e. The van der Waals surface area contributed by atoms with Crippen LogP contribution in [0.1, 0.15) is 11.1 Å². The first-order valence-electron chi connectivity index (χ1n) is 18.3. The molecule has 2 nitrogen and oxygen atoms in total. The van der Waals surface area contributed by atoms with Gasteiger partial charge in [-0.05, 0) is 134 Å². The zero-order valence-electron chi connectivity index (χ0n) is 29.2. The van der Waals surface area contributed by atoms with E-state index in [1.54, 1.807) is 0 Å². The first-order chi connectivity index (χ1) is 26.2. The Morgan fingerprint density at radius 1 is 0.321 bits per heavy atom. The van der Waals surface area contributed by atoms with Gasteiger partial charge in [0, 0.05) is 40.5 Å². The molecule has 1 heterocycles. The molecule has 0 radical (unpaired) electrons. The number of rotatable bonds is 6. The predicted molar refractivity (Wildman–Crippen MR) is 224 cm³/mol. The van der Waals surface area contributed by atoms with Gasteiger partial charge in [0.15, 0.2) is 0 Å². The highest BCUT2D eigenvalue weighted by Crippen LogP contribution is 2.46. The molecule has 0 fully saturated rings. The third kappa shape index (κ3) is 5.71. The average Bonchev–Trinajstić information content (AvgIpc) is 3.23. The van der Waals surface area contributed by atoms with Crippen LogP contribution >= 0.6 is 0 Å². The van der Waals surface area contributed by atoms with Crippen LogP contribution < -0.4 is 9.80 Å². The summed E-state index contributed by atoms with van der Waals surface area (Å²) < 4.78 is 0. The Morgan fingerprint density at radius 3 is 1.43 bits per heavy atom. The van der Waals surface area contributed by atoms with Crippen LogP contribution in [0.4, 0.5) is 34.1 Å². The lowest BCUT2D eigenvalue weighted by atomic mass is 9.90. The molecular formula is C51H36N2. The lowest BCUT2D eigenvalue weighted by Gasteiger charge is -2.34. The van der Waals surface area contributed by atoms with Crippen molar-refractivity contribution in [3.05, 3.63) is 217 Å². The van der Waals surface area contributed by atoms with Gasteiger partial charge in [0.1, 0.15) is 0 Å². The molecule has 9 aromatic rings. The van der Waals surface area contributed by atoms with E-state index < -0.39 is 0 Å². The minimum absolute atomic E-state index is 0.866. The molecule has 1 aliphatic heterocycles. The molecule has 0 amide bonds. The van der Waals surface area contributed by atoms with Gasteiger partial charge < -0.3 is 9.80 Å². The van der Waals surface area contributed by atoms with Crippen LogP contribution in [0, 0.1) is 0 Å². The zero-order valence-corrected chi connectivity index (χ0v) is 29.2. The van der Waals surface area contributed by atoms with Crippen molar-refractivity contribution in [1.29, 1.82) is 0 Å². The van der Waals surface area contributed by atoms with Gasteiger partial charge in [-0.3, -0.25) is 0 Å². The Morgan fingerprint density at radius 2 is 0.774 bits per heavy atom. The fraction of sp³-hybridized carbons (Fsp3) is 0.0196. The lowest BCUT2D eigenvalue weighted by Crippen LogP contribution is -2.18. The molecule has 0 saturated carbocycles. The van der Waals surface area contributed by atoms with E-state index in [4.69, 9.17) is 0 Å². The van der Waals surface area contributed by atoms with Crippen molar-refractivity contribution in [2.24, 2.45) is 0 Å². The topological polar surface area (TPSA) is 6.48 Å². The van der Waals surface area contributed by atoms with Crippen LogP contribution in [0.15, 0.2) is 206 Å². The summed E-state index contributed by atoms with van der Waals surface area (Å²) in [6.07, 6.45) is 0.866. The summed E-state index contributed by atoms with van der Waals surface area (Å²) in [4.78, 5) is 4.76. The van der Waals surface area contributed by atoms with Crippen molar-refractivity contribution in [3.63, 3.8) is 0 Å². The van der Waals surface area contributed by atoms with Crippen LogP contribution in [-0.2, 0) is 6.42 Å². The summed E-state index contributed by atoms with van der Waals surface area (Å²) in [5.74, 6) is 0. The Hall–Kier alpha value is -6.90. The predicted octanol–water partition coefficient (Wildman–Crippen LogP) is 14.2. The maximum atomic E-state index is 2.42. The lowest BCUT2D eigenvalue weighted by molar-refractivity contribution is 1.09. The summed E-state index contributed by atoms with van der Waals surface area (Å²) in [6, 6.07) is 75.0. The van der Waals surface area contributed by atoms with Crippen LogP contribution in [-0.4, -0.2) is 0 Å². The molecule has 10 rings (SSSR count). The van der Waals surface area contributed by atoms with E-state index in [2.05, 4.69) is 216 Å². The number of anilines is 6. The molecular weight excluding hydrogens is 641 g/mol. The molecule has 0 aromatic heterocycles. The third-order valence-electron chi connectivity index (χ3n) is 10.6. The monoisotopic (exact) mass is 676 g/mol. The van der Waals surface area contributed by atoms with E-state index in [9.17, 15) is 0 Å². The van der Waals surface area contributed by atoms with Gasteiger partial charge in [0.05, 0.1) is 0 Å². The van der Waals surface area contributed by atoms with Gasteiger partial charge in [0.2, 0.25) is 0 Å². The molecule has 2 heteroatoms. The standard InChI is InChI=1S/C51H36N2/c1-3-15-46(16-4-1)52(49-28-23-37-12-8-10-14-40(37)35-49)48-26-21-38(22-27-48)41-24-29-50-44(32-41)34-45-33-43(42-20-19-36-11-7-9-13-39(36)31-42)25-30-51(45)53(50)47-17-5-2-6-18-47/h1-33,35H,34H2. The zero-order chi connectivity index (χ0) is 35.1. The summed E-state index contributed by atoms with van der Waals surface area (Å²) >= 11 is 0. The summed E-state index contributed by atoms with van der Waals surface area (Å²) in [5, 5.41) is 5.00. The molecule has 1 aliphatic rings. The van der Waals surface area contributed by atoms with E-state index in [0.29, 0.717) is 0 Å². The SMILES string of the molecule is c1ccc(N(c2ccc(-c3ccc4c(c3)Cc3cc(-c5ccc6ccccc6c5)ccc3N4c3ccccc3)cc2)c2ccc3ccccc3c2)cc1. The first-order valence-corrected chi connectivity index (χ1v) is 18.3. The molecule has 0 saturated heterocycles. The van der Waals surface area contributed by atoms with Crippen molar-refractivity contribution in [2.45, 2.75) is 6.42 Å². The number of para-hydroxylation sites is 2. The molecule has 9 aromatic carbocycles. The van der Waals surface area contributed by atoms with Crippen molar-refractivity contribution in [1.82, 2.24) is 0 Å². The quantitative estimate of drug-likeness (QED) is 0.173. The normalized spacial score (nSPS) is 12.0. The number of fused-ring (bicyclic) bond motifs is 4. The fourth-order valence-electron chi connectivity index (χ4n) is 7.95. The Balaban J connectivity index is 1.02. The highest BCUT2D eigenvalue weighted by molar-refractivity contribution is 5.91. The molecule has 0 aliphatic carbocycles. The van der Waals surface area contributed by atoms with Gasteiger partial charge >= 0.3 is 0 Å². The van der Waals surface area contributed by atoms with E-state index in [-0.39, 0.29) is 0 Å². The first kappa shape index (κ1) is 30.9. The smallest absolute Gasteiger partial charge is 0.0497 e. The Labute approximate surface area is 310 Å². The second-order valence-electron chi connectivity index (χ2n) is 13.8. The van der Waals surface area contributed by atoms with Gasteiger partial charge in [0.25, 0.3) is 0 Å². The highest BCUT2D eigenvalue weighted by Gasteiger charge is 2.25. The van der Waals surface area contributed by atoms with E-state index in [0.717, 1.165) is 23.5 Å². The molecule has 0 atom stereocenters. The van der Waals surface area contributed by atoms with Gasteiger partial charge in [-0.2, -0.15) is 0 Å². The molecule has 250 valence electrons. The molecule has 0 unspecified atom stereocenters. The second-order valence-corrected chi connectivity index (χ2v) is 13.8. The third-order valence-corrected chi connectivity index (χ3v) is 10.6. The minimum Gasteiger partial charge on any atom is -0.310 e. The van der Waals surface area contributed by atoms with Crippen molar-refractivity contribution in [2.75, 3.05) is 9.80 Å². The fourth-order valence-corrected chi connectivity index (χ4v) is 7.95. The molecule has 53 heavy (non-hydrogen) atoms. The minimum atomic E-state index is 0.866. The maximum absolute atomic E-state index is 2.42. The number of hydrogen-bond donors (Lipinski definition) is 0. The van der Waals surface area contributed by atoms with Crippen LogP contribution in [0.25, 0.3) is 43.8 Å². The van der Waals surface area contributed by atoms with E-state index in [1.165, 1.54) is 72.0 Å². The van der Waals surface area contributed by atoms with Crippen LogP contribution in [0.3, 0.4) is 0 Å². The van der Waals surface area contributed by atoms with Crippen molar-refractivity contribution in [3.8, 4) is 22.3 Å². The Bertz CT molecular complexity index is 2750. The van der Waals surface area contributed by atoms with E-state index in [1.807, 2.05) is 0 Å². The number of benzene rings is 9. The van der Waals surface area contributed by atoms with Gasteiger partial charge in [-0.25, -0.2) is 0 Å². The van der Waals surface area contributed by atoms with E-state index >= 15 is 0 Å². The highest BCUT2D eigenvalue weighted by atomic mass is 15.2. The molecule has 0 bridgehead atoms. The summed E-state index contributed by atoms with van der Waals surface area (Å²) in [6.45, 7) is 0. The summed E-state index contributed by atoms with van der Waals surface area (Å²) in [5.41, 5.74) is 14.6. The van der Waals surface area contributed by atoms with Crippen molar-refractivity contribution >= 4 is 55.7 Å². The molecule has 0 N–H and O–H groups in total. The van der Waals surface area contributed by atoms with Gasteiger partial charge in [-0.15, -0.1) is 0 Å². The average molecular weight is 677 g/mol. The van der Waals surface area contributed by atoms with Crippen LogP contribution in [0.2, 0.25) is 0 Å².